The predicted octanol–water partition coefficient (Wildman–Crippen LogP) is 10.5. The molecule has 0 bridgehead atoms. The summed E-state index contributed by atoms with van der Waals surface area (Å²) in [7, 11) is -9.75. The van der Waals surface area contributed by atoms with Gasteiger partial charge in [-0.1, -0.05) is 54.6 Å². The van der Waals surface area contributed by atoms with E-state index in [1.165, 1.54) is 67.5 Å². The zero-order valence-electron chi connectivity index (χ0n) is 59.3. The number of piperidine rings is 2. The van der Waals surface area contributed by atoms with Crippen molar-refractivity contribution < 1.29 is 38.8 Å². The number of para-hydroxylation sites is 3. The van der Waals surface area contributed by atoms with Gasteiger partial charge in [0, 0.05) is 169 Å². The molecule has 4 fully saturated rings. The fourth-order valence-corrected chi connectivity index (χ4v) is 19.3. The highest BCUT2D eigenvalue weighted by atomic mass is 32.2. The monoisotopic (exact) mass is 1460 g/mol. The summed E-state index contributed by atoms with van der Waals surface area (Å²) in [5.41, 5.74) is 15.9. The van der Waals surface area contributed by atoms with E-state index in [4.69, 9.17) is 5.73 Å². The van der Waals surface area contributed by atoms with Crippen molar-refractivity contribution in [3.8, 4) is 6.07 Å². The molecule has 0 saturated carbocycles. The number of nitrogens with zero attached hydrogens (tertiary/aromatic N) is 11. The standard InChI is InChI=1S/C17H21FN2O.C16H21FN2O2S.C14H20N4O2S.C14H16N4O2S.C13H13N5/c1-11(21)20-7-6-12(9-17(20,2)3)15-10-19-16-8-13(18)4-5-14(15)16;1-16(2)9-11(6-7-19(16)22(3,20)21)14-10-18-15-8-12(17)4-5-13(14)15;2*1-21(19,20)18-7-6-17(10-11(18)8-15)14-9-16-13-5-3-2-4-12(13)14;1-2-4-11-10(3-1)12(7-14-11)17-5-6-18-13(8-17)15-9-16-18/h4-5,8,10,12,19H,6-7,9H2,1-3H3;4-5,8,10-11,18H,6-7,9H2,1-3H3;2-5,9,11,16H,6-8,10,15H2,1H3;2-5,9,11,16H,6-7,10H2,1H3;1-4,7,9,14H,5-6,8H2. The van der Waals surface area contributed by atoms with Gasteiger partial charge in [-0.25, -0.2) is 43.7 Å². The van der Waals surface area contributed by atoms with Gasteiger partial charge in [0.2, 0.25) is 36.0 Å². The van der Waals surface area contributed by atoms with Crippen LogP contribution in [0.3, 0.4) is 0 Å². The highest BCUT2D eigenvalue weighted by Gasteiger charge is 2.42. The largest absolute Gasteiger partial charge is 0.367 e. The topological polar surface area (TPSA) is 302 Å². The average molecular weight is 1460 g/mol. The van der Waals surface area contributed by atoms with Gasteiger partial charge in [0.25, 0.3) is 0 Å². The van der Waals surface area contributed by atoms with Gasteiger partial charge >= 0.3 is 0 Å². The van der Waals surface area contributed by atoms with E-state index >= 15 is 0 Å². The molecule has 546 valence electrons. The van der Waals surface area contributed by atoms with Gasteiger partial charge in [-0.05, 0) is 131 Å². The SMILES string of the molecule is CC(=O)N1CCC(c2c[nH]c3cc(F)ccc23)CC1(C)C.CC1(C)CC(c2c[nH]c3cc(F)ccc23)CCN1S(C)(=O)=O.CS(=O)(=O)N1CCN(c2c[nH]c3ccccc23)CC1C#N.CS(=O)(=O)N1CCN(c2c[nH]c3ccccc23)CC1CN.c1ccc2c(N3CCn4ncnc4C3)c[nH]c2c1. The molecule has 11 heterocycles. The summed E-state index contributed by atoms with van der Waals surface area (Å²) >= 11 is 0. The van der Waals surface area contributed by atoms with Crippen molar-refractivity contribution in [3.05, 3.63) is 175 Å². The molecule has 5 aliphatic rings. The van der Waals surface area contributed by atoms with Crippen LogP contribution in [0, 0.1) is 23.0 Å². The van der Waals surface area contributed by atoms with Gasteiger partial charge in [0.1, 0.15) is 29.8 Å². The maximum absolute atomic E-state index is 13.3. The molecule has 4 atom stereocenters. The lowest BCUT2D eigenvalue weighted by Crippen LogP contribution is -2.57. The molecular formula is C74H91F2N17O7S3. The highest BCUT2D eigenvalue weighted by molar-refractivity contribution is 7.88. The maximum Gasteiger partial charge on any atom is 0.219 e. The maximum atomic E-state index is 13.3. The van der Waals surface area contributed by atoms with E-state index in [1.807, 2.05) is 96.7 Å². The Morgan fingerprint density at radius 2 is 1.01 bits per heavy atom. The molecule has 6 aromatic heterocycles. The van der Waals surface area contributed by atoms with Gasteiger partial charge in [-0.15, -0.1) is 0 Å². The molecular weight excluding hydrogens is 1370 g/mol. The van der Waals surface area contributed by atoms with Gasteiger partial charge in [-0.3, -0.25) is 4.79 Å². The number of aromatic nitrogens is 8. The number of fused-ring (bicyclic) bond motifs is 6. The quantitative estimate of drug-likeness (QED) is 0.0783. The van der Waals surface area contributed by atoms with Crippen LogP contribution in [0.5, 0.6) is 0 Å². The Balaban J connectivity index is 0.000000121. The Bertz CT molecular complexity index is 5250. The number of nitrogens with one attached hydrogen (secondary N) is 5. The summed E-state index contributed by atoms with van der Waals surface area (Å²) in [5.74, 6) is 1.36. The first-order valence-electron chi connectivity index (χ1n) is 34.6. The molecule has 0 radical (unpaired) electrons. The lowest BCUT2D eigenvalue weighted by molar-refractivity contribution is -0.136. The van der Waals surface area contributed by atoms with Crippen LogP contribution < -0.4 is 20.4 Å². The fourth-order valence-electron chi connectivity index (χ4n) is 15.8. The van der Waals surface area contributed by atoms with E-state index in [0.29, 0.717) is 58.3 Å². The molecule has 5 aliphatic heterocycles. The number of aromatic amines is 5. The van der Waals surface area contributed by atoms with Crippen LogP contribution in [0.4, 0.5) is 25.8 Å². The zero-order valence-corrected chi connectivity index (χ0v) is 61.8. The number of amides is 1. The van der Waals surface area contributed by atoms with Crippen LogP contribution in [0.1, 0.15) is 89.1 Å². The van der Waals surface area contributed by atoms with Crippen molar-refractivity contribution in [2.45, 2.75) is 108 Å². The van der Waals surface area contributed by atoms with Crippen molar-refractivity contribution in [1.82, 2.24) is 57.5 Å². The molecule has 0 spiro atoms. The minimum absolute atomic E-state index is 0.138. The van der Waals surface area contributed by atoms with Crippen LogP contribution >= 0.6 is 0 Å². The minimum atomic E-state index is -3.35. The minimum Gasteiger partial charge on any atom is -0.367 e. The smallest absolute Gasteiger partial charge is 0.219 e. The molecule has 11 aromatic rings. The van der Waals surface area contributed by atoms with E-state index in [-0.39, 0.29) is 35.0 Å². The summed E-state index contributed by atoms with van der Waals surface area (Å²) in [6.45, 7) is 17.2. The van der Waals surface area contributed by atoms with Crippen LogP contribution in [0.25, 0.3) is 54.5 Å². The van der Waals surface area contributed by atoms with Crippen molar-refractivity contribution in [2.75, 3.05) is 98.9 Å². The molecule has 24 nitrogen and oxygen atoms in total. The second-order valence-electron chi connectivity index (χ2n) is 28.5. The van der Waals surface area contributed by atoms with Crippen LogP contribution in [-0.2, 0) is 48.0 Å². The molecule has 4 unspecified atom stereocenters. The summed E-state index contributed by atoms with van der Waals surface area (Å²) < 4.78 is 104. The van der Waals surface area contributed by atoms with Gasteiger partial charge in [0.15, 0.2) is 0 Å². The Morgan fingerprint density at radius 3 is 1.48 bits per heavy atom. The number of piperazine rings is 2. The number of carbonyl (C=O) groups is 1. The van der Waals surface area contributed by atoms with Crippen molar-refractivity contribution in [1.29, 1.82) is 5.26 Å². The molecule has 29 heteroatoms. The number of rotatable bonds is 9. The Kier molecular flexibility index (Phi) is 21.4. The van der Waals surface area contributed by atoms with Crippen LogP contribution in [0.2, 0.25) is 0 Å². The molecule has 1 amide bonds. The summed E-state index contributed by atoms with van der Waals surface area (Å²) in [4.78, 5) is 40.7. The molecule has 7 N–H and O–H groups in total. The van der Waals surface area contributed by atoms with Crippen molar-refractivity contribution in [3.63, 3.8) is 0 Å². The Labute approximate surface area is 599 Å². The van der Waals surface area contributed by atoms with Gasteiger partial charge in [-0.2, -0.15) is 23.3 Å². The first-order chi connectivity index (χ1) is 49.0. The van der Waals surface area contributed by atoms with Crippen LogP contribution in [0.15, 0.2) is 147 Å². The van der Waals surface area contributed by atoms with E-state index in [0.717, 1.165) is 124 Å². The molecule has 5 aromatic carbocycles. The first kappa shape index (κ1) is 73.6. The lowest BCUT2D eigenvalue weighted by atomic mass is 9.79. The lowest BCUT2D eigenvalue weighted by Gasteiger charge is -2.45. The van der Waals surface area contributed by atoms with E-state index in [1.54, 1.807) is 23.6 Å². The second kappa shape index (κ2) is 29.9. The normalized spacial score (nSPS) is 20.4. The van der Waals surface area contributed by atoms with E-state index in [9.17, 15) is 44.1 Å². The van der Waals surface area contributed by atoms with E-state index in [2.05, 4.69) is 106 Å². The Morgan fingerprint density at radius 1 is 0.553 bits per heavy atom. The number of anilines is 3. The third-order valence-corrected chi connectivity index (χ3v) is 24.8. The number of carbonyl (C=O) groups excluding carboxylic acids is 1. The molecule has 16 rings (SSSR count). The second-order valence-corrected chi connectivity index (χ2v) is 34.3. The van der Waals surface area contributed by atoms with Crippen molar-refractivity contribution in [2.24, 2.45) is 5.73 Å². The third-order valence-electron chi connectivity index (χ3n) is 20.7. The molecule has 103 heavy (non-hydrogen) atoms. The number of H-pyrrole nitrogens is 5. The van der Waals surface area contributed by atoms with Crippen LogP contribution in [-0.4, -0.2) is 196 Å². The van der Waals surface area contributed by atoms with Gasteiger partial charge < -0.3 is 50.3 Å². The Hall–Kier alpha value is -9.15. The summed E-state index contributed by atoms with van der Waals surface area (Å²) in [6.07, 6.45) is 18.6. The fraction of sp³-hybridized carbons (Fsp3) is 0.405. The molecule has 0 aliphatic carbocycles. The summed E-state index contributed by atoms with van der Waals surface area (Å²) in [5, 5.41) is 19.1. The number of nitriles is 1. The van der Waals surface area contributed by atoms with Crippen molar-refractivity contribution >= 4 is 108 Å². The number of benzene rings is 5. The number of likely N-dealkylation sites (tertiary alicyclic amines) is 1. The van der Waals surface area contributed by atoms with Gasteiger partial charge in [0.05, 0.1) is 61.0 Å². The zero-order chi connectivity index (χ0) is 73.3. The number of nitrogens with two attached hydrogens (primary N) is 1. The highest BCUT2D eigenvalue weighted by Crippen LogP contribution is 2.43. The predicted molar refractivity (Wildman–Crippen MR) is 403 cm³/mol. The third kappa shape index (κ3) is 16.1. The number of hydrogen-bond donors (Lipinski definition) is 6. The molecule has 4 saturated heterocycles. The number of hydrogen-bond acceptors (Lipinski definition) is 14. The first-order valence-corrected chi connectivity index (χ1v) is 40.2. The van der Waals surface area contributed by atoms with E-state index < -0.39 is 41.7 Å². The summed E-state index contributed by atoms with van der Waals surface area (Å²) in [6, 6.07) is 35.3. The average Bonchev–Trinajstić information content (AvgIpc) is 1.78. The number of sulfonamides is 3. The number of halogens is 2.